The van der Waals surface area contributed by atoms with E-state index in [2.05, 4.69) is 61.2 Å². The average Bonchev–Trinajstić information content (AvgIpc) is 2.82. The molecule has 11 nitrogen and oxygen atoms in total. The molecule has 1 aliphatic heterocycles. The molecule has 0 aromatic heterocycles. The maximum Gasteiger partial charge on any atom is 0.220 e. The predicted octanol–water partition coefficient (Wildman–Crippen LogP) is -2.08. The topological polar surface area (TPSA) is 171 Å². The first kappa shape index (κ1) is 30.5. The van der Waals surface area contributed by atoms with E-state index in [0.29, 0.717) is 58.5 Å². The van der Waals surface area contributed by atoms with Crippen molar-refractivity contribution in [3.05, 3.63) is 0 Å². The van der Waals surface area contributed by atoms with Gasteiger partial charge in [-0.2, -0.15) is 0 Å². The largest absolute Gasteiger partial charge is 0.356 e. The van der Waals surface area contributed by atoms with Crippen molar-refractivity contribution in [2.45, 2.75) is 38.1 Å². The molecule has 10 N–H and O–H groups in total. The Morgan fingerprint density at radius 3 is 2.00 bits per heavy atom. The summed E-state index contributed by atoms with van der Waals surface area (Å²) in [5.41, 5.74) is 11.5. The third-order valence-corrected chi connectivity index (χ3v) is 6.05. The molecule has 1 saturated heterocycles. The van der Waals surface area contributed by atoms with Crippen LogP contribution in [0.3, 0.4) is 0 Å². The number of nitrogens with one attached hydrogen (secondary N) is 6. The zero-order valence-electron chi connectivity index (χ0n) is 20.6. The number of thiocarbonyl (C=S) groups is 1. The number of nitrogens with zero attached hydrogens (tertiary/aromatic N) is 1. The number of rotatable bonds is 11. The van der Waals surface area contributed by atoms with Gasteiger partial charge in [0.1, 0.15) is 0 Å². The zero-order chi connectivity index (χ0) is 25.1. The predicted molar refractivity (Wildman–Crippen MR) is 140 cm³/mol. The van der Waals surface area contributed by atoms with Gasteiger partial charge in [0.25, 0.3) is 0 Å². The van der Waals surface area contributed by atoms with Gasteiger partial charge in [0, 0.05) is 90.2 Å². The van der Waals surface area contributed by atoms with E-state index in [1.165, 1.54) is 0 Å². The van der Waals surface area contributed by atoms with Gasteiger partial charge >= 0.3 is 0 Å². The van der Waals surface area contributed by atoms with E-state index in [1.54, 1.807) is 0 Å². The van der Waals surface area contributed by atoms with Gasteiger partial charge in [-0.05, 0) is 25.1 Å². The lowest BCUT2D eigenvalue weighted by Gasteiger charge is -2.35. The molecule has 0 atom stereocenters. The van der Waals surface area contributed by atoms with Gasteiger partial charge in [-0.1, -0.05) is 6.92 Å². The van der Waals surface area contributed by atoms with E-state index in [0.717, 1.165) is 39.3 Å². The summed E-state index contributed by atoms with van der Waals surface area (Å²) in [6.45, 7) is 10.0. The van der Waals surface area contributed by atoms with Crippen molar-refractivity contribution in [1.29, 1.82) is 0 Å². The Morgan fingerprint density at radius 1 is 0.912 bits per heavy atom. The Kier molecular flexibility index (Phi) is 16.0. The normalized spacial score (nSPS) is 24.9. The van der Waals surface area contributed by atoms with Gasteiger partial charge in [-0.25, -0.2) is 4.99 Å². The summed E-state index contributed by atoms with van der Waals surface area (Å²) in [7, 11) is 0. The Labute approximate surface area is 209 Å². The second kappa shape index (κ2) is 17.9. The van der Waals surface area contributed by atoms with E-state index in [1.807, 2.05) is 0 Å². The van der Waals surface area contributed by atoms with Crippen LogP contribution in [0, 0.1) is 5.41 Å². The van der Waals surface area contributed by atoms with Crippen LogP contribution in [0.5, 0.6) is 0 Å². The Bertz CT molecular complexity index is 628. The van der Waals surface area contributed by atoms with Crippen molar-refractivity contribution in [2.75, 3.05) is 78.5 Å². The molecule has 196 valence electrons. The first-order valence-electron chi connectivity index (χ1n) is 12.2. The van der Waals surface area contributed by atoms with Crippen LogP contribution >= 0.6 is 12.2 Å². The summed E-state index contributed by atoms with van der Waals surface area (Å²) < 4.78 is 0. The van der Waals surface area contributed by atoms with Crippen LogP contribution in [0.1, 0.15) is 32.6 Å². The van der Waals surface area contributed by atoms with E-state index in [-0.39, 0.29) is 23.7 Å². The van der Waals surface area contributed by atoms with Crippen molar-refractivity contribution >= 4 is 29.2 Å². The summed E-state index contributed by atoms with van der Waals surface area (Å²) in [6.07, 6.45) is 1.76. The molecule has 34 heavy (non-hydrogen) atoms. The lowest BCUT2D eigenvalue weighted by Crippen LogP contribution is -2.65. The second-order valence-electron chi connectivity index (χ2n) is 9.28. The highest BCUT2D eigenvalue weighted by molar-refractivity contribution is 7.78. The minimum atomic E-state index is -0.600. The fourth-order valence-corrected chi connectivity index (χ4v) is 3.72. The highest BCUT2D eigenvalue weighted by Gasteiger charge is 2.30. The van der Waals surface area contributed by atoms with Crippen molar-refractivity contribution in [2.24, 2.45) is 21.9 Å². The molecular formula is C22H45N9O2S. The highest BCUT2D eigenvalue weighted by Crippen LogP contribution is 2.11. The Morgan fingerprint density at radius 2 is 1.47 bits per heavy atom. The molecule has 1 fully saturated rings. The Hall–Kier alpha value is -1.50. The monoisotopic (exact) mass is 499 g/mol. The van der Waals surface area contributed by atoms with Crippen molar-refractivity contribution in [3.63, 3.8) is 0 Å². The molecule has 0 spiro atoms. The zero-order valence-corrected chi connectivity index (χ0v) is 21.5. The molecule has 0 aromatic carbocycles. The average molecular weight is 500 g/mol. The first-order valence-corrected chi connectivity index (χ1v) is 12.6. The summed E-state index contributed by atoms with van der Waals surface area (Å²) in [5.74, 6) is -0.173. The highest BCUT2D eigenvalue weighted by atomic mass is 32.1. The van der Waals surface area contributed by atoms with Crippen LogP contribution < -0.4 is 43.4 Å². The molecular weight excluding hydrogens is 454 g/mol. The molecule has 0 bridgehead atoms. The maximum absolute atomic E-state index is 12.6. The van der Waals surface area contributed by atoms with Crippen LogP contribution in [-0.2, 0) is 9.59 Å². The molecule has 1 rings (SSSR count). The molecule has 0 unspecified atom stereocenters. The number of hydrogen-bond donors (Lipinski definition) is 8. The molecule has 0 aromatic rings. The quantitative estimate of drug-likeness (QED) is 0.0902. The first-order chi connectivity index (χ1) is 16.4. The van der Waals surface area contributed by atoms with Gasteiger partial charge in [0.05, 0.1) is 17.2 Å². The number of hydrogen-bond acceptors (Lipinski definition) is 10. The Balaban J connectivity index is 2.47. The number of amides is 2. The van der Waals surface area contributed by atoms with Gasteiger partial charge in [-0.3, -0.25) is 9.59 Å². The summed E-state index contributed by atoms with van der Waals surface area (Å²) in [4.78, 5) is 28.4. The number of isothiocyanates is 1. The molecule has 1 aliphatic rings. The lowest BCUT2D eigenvalue weighted by atomic mass is 9.90. The van der Waals surface area contributed by atoms with E-state index in [4.69, 9.17) is 11.5 Å². The van der Waals surface area contributed by atoms with Gasteiger partial charge < -0.3 is 43.4 Å². The molecule has 0 aliphatic carbocycles. The summed E-state index contributed by atoms with van der Waals surface area (Å²) in [6, 6.07) is 0. The standard InChI is InChI=1S/C22H45N9O2S/c1-21(12-23)14-25-8-10-27-16-22(13-24,17-28-11-9-26-15-21)31-20(33)5-2-4-19(32)30-7-3-6-29-18-34/h25-28H,2-17,23-24H2,1H3,(H,30,32)(H,31,33)/t21-,22-. The number of carbonyl (C=O) groups excluding carboxylic acids is 2. The van der Waals surface area contributed by atoms with Crippen molar-refractivity contribution in [1.82, 2.24) is 31.9 Å². The third kappa shape index (κ3) is 13.4. The smallest absolute Gasteiger partial charge is 0.220 e. The van der Waals surface area contributed by atoms with Crippen molar-refractivity contribution in [3.8, 4) is 0 Å². The summed E-state index contributed by atoms with van der Waals surface area (Å²) in [5, 5.41) is 22.0. The third-order valence-electron chi connectivity index (χ3n) is 5.92. The molecule has 12 heteroatoms. The lowest BCUT2D eigenvalue weighted by molar-refractivity contribution is -0.123. The minimum absolute atomic E-state index is 0.00848. The van der Waals surface area contributed by atoms with E-state index < -0.39 is 5.54 Å². The van der Waals surface area contributed by atoms with Crippen LogP contribution in [0.4, 0.5) is 0 Å². The fourth-order valence-electron chi connectivity index (χ4n) is 3.63. The fraction of sp³-hybridized carbons (Fsp3) is 0.864. The molecule has 1 heterocycles. The van der Waals surface area contributed by atoms with Crippen LogP contribution in [0.2, 0.25) is 0 Å². The van der Waals surface area contributed by atoms with Gasteiger partial charge in [0.2, 0.25) is 11.8 Å². The van der Waals surface area contributed by atoms with Crippen LogP contribution in [-0.4, -0.2) is 101 Å². The minimum Gasteiger partial charge on any atom is -0.356 e. The second-order valence-corrected chi connectivity index (χ2v) is 9.47. The summed E-state index contributed by atoms with van der Waals surface area (Å²) >= 11 is 4.50. The van der Waals surface area contributed by atoms with Crippen LogP contribution in [0.15, 0.2) is 4.99 Å². The maximum atomic E-state index is 12.6. The van der Waals surface area contributed by atoms with Crippen molar-refractivity contribution < 1.29 is 9.59 Å². The SMILES string of the molecule is C[C@]1(CN)CNCCNC[C@](CN)(NC(=O)CCCC(=O)NCCCN=C=S)CNCCNC1. The molecule has 0 saturated carbocycles. The number of nitrogens with two attached hydrogens (primary N) is 2. The van der Waals surface area contributed by atoms with Crippen LogP contribution in [0.25, 0.3) is 0 Å². The molecule has 0 radical (unpaired) electrons. The molecule has 2 amide bonds. The number of carbonyl (C=O) groups is 2. The van der Waals surface area contributed by atoms with E-state index >= 15 is 0 Å². The van der Waals surface area contributed by atoms with E-state index in [9.17, 15) is 9.59 Å². The van der Waals surface area contributed by atoms with Gasteiger partial charge in [-0.15, -0.1) is 0 Å². The number of aliphatic imine (C=N–C) groups is 1. The van der Waals surface area contributed by atoms with Gasteiger partial charge in [0.15, 0.2) is 0 Å².